The summed E-state index contributed by atoms with van der Waals surface area (Å²) in [4.78, 5) is 14.8. The predicted octanol–water partition coefficient (Wildman–Crippen LogP) is 2.57. The third-order valence-corrected chi connectivity index (χ3v) is 6.47. The number of carbonyl (C=O) groups excluding carboxylic acids is 1. The number of likely N-dealkylation sites (N-methyl/N-ethyl adjacent to an activating group) is 1. The average molecular weight is 315 g/mol. The fraction of sp³-hybridized carbons (Fsp3) is 0.632. The van der Waals surface area contributed by atoms with Crippen LogP contribution >= 0.6 is 0 Å². The number of carbonyl (C=O) groups is 1. The van der Waals surface area contributed by atoms with Crippen LogP contribution in [0.15, 0.2) is 12.1 Å². The van der Waals surface area contributed by atoms with Crippen LogP contribution in [-0.2, 0) is 16.6 Å². The molecule has 1 saturated carbocycles. The largest absolute Gasteiger partial charge is 0.493 e. The number of rotatable bonds is 2. The van der Waals surface area contributed by atoms with Crippen LogP contribution in [0.3, 0.4) is 0 Å². The minimum atomic E-state index is 0.0135. The first-order valence-corrected chi connectivity index (χ1v) is 8.56. The van der Waals surface area contributed by atoms with Gasteiger partial charge in [-0.3, -0.25) is 4.79 Å². The first-order chi connectivity index (χ1) is 11.1. The van der Waals surface area contributed by atoms with Gasteiger partial charge < -0.3 is 14.4 Å². The standard InChI is InChI=1S/C19H25NO3/c1-20-7-6-19-11-13(21)4-5-14(19)16(20)8-12-9-17(22-2)18(23-3)10-15(12)19/h9-10,14,16H,4-8,11H2,1-3H3/t14-,16+,19+/m0/s1. The van der Waals surface area contributed by atoms with Crippen LogP contribution in [0.5, 0.6) is 11.5 Å². The Kier molecular flexibility index (Phi) is 3.41. The Hall–Kier alpha value is -1.55. The number of benzene rings is 1. The van der Waals surface area contributed by atoms with Gasteiger partial charge in [-0.2, -0.15) is 0 Å². The van der Waals surface area contributed by atoms with E-state index in [0.717, 1.165) is 43.7 Å². The van der Waals surface area contributed by atoms with Gasteiger partial charge in [0, 0.05) is 24.3 Å². The molecule has 0 N–H and O–H groups in total. The molecule has 0 amide bonds. The molecule has 4 rings (SSSR count). The Labute approximate surface area is 137 Å². The van der Waals surface area contributed by atoms with Crippen LogP contribution in [0.4, 0.5) is 0 Å². The maximum absolute atomic E-state index is 12.3. The number of fused-ring (bicyclic) bond motifs is 1. The molecule has 23 heavy (non-hydrogen) atoms. The molecule has 0 aromatic heterocycles. The summed E-state index contributed by atoms with van der Waals surface area (Å²) < 4.78 is 11.0. The average Bonchev–Trinajstić information content (AvgIpc) is 2.56. The lowest BCUT2D eigenvalue weighted by atomic mass is 9.52. The molecule has 2 fully saturated rings. The molecular formula is C19H25NO3. The molecule has 1 aromatic rings. The Morgan fingerprint density at radius 1 is 1.22 bits per heavy atom. The molecule has 0 unspecified atom stereocenters. The summed E-state index contributed by atoms with van der Waals surface area (Å²) in [5.74, 6) is 2.59. The summed E-state index contributed by atoms with van der Waals surface area (Å²) in [6, 6.07) is 4.83. The summed E-state index contributed by atoms with van der Waals surface area (Å²) in [5.41, 5.74) is 2.70. The molecule has 4 heteroatoms. The van der Waals surface area contributed by atoms with Gasteiger partial charge in [-0.15, -0.1) is 0 Å². The molecule has 0 spiro atoms. The highest BCUT2D eigenvalue weighted by Crippen LogP contribution is 2.56. The second-order valence-corrected chi connectivity index (χ2v) is 7.38. The number of ether oxygens (including phenoxy) is 2. The Morgan fingerprint density at radius 2 is 1.96 bits per heavy atom. The highest BCUT2D eigenvalue weighted by molar-refractivity contribution is 5.81. The summed E-state index contributed by atoms with van der Waals surface area (Å²) in [6.45, 7) is 1.07. The van der Waals surface area contributed by atoms with E-state index in [9.17, 15) is 4.79 Å². The van der Waals surface area contributed by atoms with Gasteiger partial charge in [0.05, 0.1) is 14.2 Å². The van der Waals surface area contributed by atoms with Gasteiger partial charge in [0.15, 0.2) is 11.5 Å². The molecule has 1 saturated heterocycles. The van der Waals surface area contributed by atoms with Crippen molar-refractivity contribution in [2.45, 2.75) is 43.6 Å². The lowest BCUT2D eigenvalue weighted by molar-refractivity contribution is -0.126. The van der Waals surface area contributed by atoms with Crippen molar-refractivity contribution < 1.29 is 14.3 Å². The zero-order chi connectivity index (χ0) is 16.2. The second-order valence-electron chi connectivity index (χ2n) is 7.38. The van der Waals surface area contributed by atoms with Crippen molar-refractivity contribution >= 4 is 5.78 Å². The number of likely N-dealkylation sites (tertiary alicyclic amines) is 1. The minimum Gasteiger partial charge on any atom is -0.493 e. The van der Waals surface area contributed by atoms with Crippen molar-refractivity contribution in [1.29, 1.82) is 0 Å². The predicted molar refractivity (Wildman–Crippen MR) is 88.3 cm³/mol. The third kappa shape index (κ3) is 2.04. The second kappa shape index (κ2) is 5.23. The summed E-state index contributed by atoms with van der Waals surface area (Å²) in [7, 11) is 5.60. The topological polar surface area (TPSA) is 38.8 Å². The zero-order valence-corrected chi connectivity index (χ0v) is 14.2. The molecule has 1 aliphatic heterocycles. The molecule has 3 aliphatic rings. The maximum Gasteiger partial charge on any atom is 0.161 e. The fourth-order valence-electron chi connectivity index (χ4n) is 5.35. The van der Waals surface area contributed by atoms with E-state index < -0.39 is 0 Å². The number of nitrogens with zero attached hydrogens (tertiary/aromatic N) is 1. The van der Waals surface area contributed by atoms with E-state index in [1.807, 2.05) is 0 Å². The van der Waals surface area contributed by atoms with E-state index in [0.29, 0.717) is 24.2 Å². The third-order valence-electron chi connectivity index (χ3n) is 6.47. The number of methoxy groups -OCH3 is 2. The van der Waals surface area contributed by atoms with Crippen LogP contribution in [0, 0.1) is 5.92 Å². The van der Waals surface area contributed by atoms with E-state index >= 15 is 0 Å². The van der Waals surface area contributed by atoms with E-state index in [1.54, 1.807) is 14.2 Å². The van der Waals surface area contributed by atoms with E-state index in [1.165, 1.54) is 11.1 Å². The van der Waals surface area contributed by atoms with Gasteiger partial charge in [-0.25, -0.2) is 0 Å². The quantitative estimate of drug-likeness (QED) is 0.841. The lowest BCUT2D eigenvalue weighted by Gasteiger charge is -2.58. The fourth-order valence-corrected chi connectivity index (χ4v) is 5.35. The summed E-state index contributed by atoms with van der Waals surface area (Å²) in [6.07, 6.45) is 4.59. The highest BCUT2D eigenvalue weighted by Gasteiger charge is 2.55. The van der Waals surface area contributed by atoms with Crippen LogP contribution in [-0.4, -0.2) is 44.5 Å². The summed E-state index contributed by atoms with van der Waals surface area (Å²) in [5, 5.41) is 0. The van der Waals surface area contributed by atoms with Gasteiger partial charge >= 0.3 is 0 Å². The van der Waals surface area contributed by atoms with Gasteiger partial charge in [-0.05, 0) is 62.0 Å². The van der Waals surface area contributed by atoms with Gasteiger partial charge in [0.25, 0.3) is 0 Å². The van der Waals surface area contributed by atoms with Crippen molar-refractivity contribution in [3.63, 3.8) is 0 Å². The number of hydrogen-bond acceptors (Lipinski definition) is 4. The van der Waals surface area contributed by atoms with Crippen molar-refractivity contribution in [3.8, 4) is 11.5 Å². The molecule has 0 radical (unpaired) electrons. The SMILES string of the molecule is COc1cc2c(cc1OC)[C@@]13CCN(C)[C@H](C2)[C@@H]1CCC(=O)C3. The molecular weight excluding hydrogens is 290 g/mol. The van der Waals surface area contributed by atoms with Crippen LogP contribution < -0.4 is 9.47 Å². The normalized spacial score (nSPS) is 32.9. The first kappa shape index (κ1) is 15.0. The van der Waals surface area contributed by atoms with Gasteiger partial charge in [-0.1, -0.05) is 0 Å². The van der Waals surface area contributed by atoms with Gasteiger partial charge in [0.1, 0.15) is 5.78 Å². The maximum atomic E-state index is 12.3. The highest BCUT2D eigenvalue weighted by atomic mass is 16.5. The Bertz CT molecular complexity index is 656. The monoisotopic (exact) mass is 315 g/mol. The van der Waals surface area contributed by atoms with Crippen molar-refractivity contribution in [2.24, 2.45) is 5.92 Å². The number of Topliss-reactive ketones (excluding diaryl/α,β-unsaturated/α-hetero) is 1. The molecule has 1 aromatic carbocycles. The molecule has 4 nitrogen and oxygen atoms in total. The van der Waals surface area contributed by atoms with E-state index in [-0.39, 0.29) is 5.41 Å². The van der Waals surface area contributed by atoms with Crippen molar-refractivity contribution in [2.75, 3.05) is 27.8 Å². The van der Waals surface area contributed by atoms with E-state index in [4.69, 9.17) is 9.47 Å². The van der Waals surface area contributed by atoms with Crippen LogP contribution in [0.25, 0.3) is 0 Å². The van der Waals surface area contributed by atoms with Crippen molar-refractivity contribution in [3.05, 3.63) is 23.3 Å². The molecule has 124 valence electrons. The lowest BCUT2D eigenvalue weighted by Crippen LogP contribution is -2.60. The Morgan fingerprint density at radius 3 is 2.70 bits per heavy atom. The number of piperidine rings is 1. The van der Waals surface area contributed by atoms with E-state index in [2.05, 4.69) is 24.1 Å². The van der Waals surface area contributed by atoms with Crippen molar-refractivity contribution in [1.82, 2.24) is 4.90 Å². The van der Waals surface area contributed by atoms with Crippen LogP contribution in [0.2, 0.25) is 0 Å². The molecule has 1 heterocycles. The summed E-state index contributed by atoms with van der Waals surface area (Å²) >= 11 is 0. The van der Waals surface area contributed by atoms with Crippen LogP contribution in [0.1, 0.15) is 36.8 Å². The molecule has 2 aliphatic carbocycles. The first-order valence-electron chi connectivity index (χ1n) is 8.56. The number of hydrogen-bond donors (Lipinski definition) is 0. The minimum absolute atomic E-state index is 0.0135. The zero-order valence-electron chi connectivity index (χ0n) is 14.2. The molecule has 3 atom stereocenters. The smallest absolute Gasteiger partial charge is 0.161 e. The molecule has 2 bridgehead atoms. The van der Waals surface area contributed by atoms with Gasteiger partial charge in [0.2, 0.25) is 0 Å². The number of ketones is 1. The Balaban J connectivity index is 1.91.